The lowest BCUT2D eigenvalue weighted by Crippen LogP contribution is -2.37. The first-order valence-corrected chi connectivity index (χ1v) is 37.3. The molecule has 0 aliphatic rings. The summed E-state index contributed by atoms with van der Waals surface area (Å²) < 4.78 is 34.7. The lowest BCUT2D eigenvalue weighted by atomic mass is 10.0. The molecule has 0 spiro atoms. The van der Waals surface area contributed by atoms with Crippen LogP contribution < -0.4 is 0 Å². The minimum atomic E-state index is -4.38. The first kappa shape index (κ1) is 79.0. The third-order valence-electron chi connectivity index (χ3n) is 16.6. The van der Waals surface area contributed by atoms with E-state index in [0.29, 0.717) is 17.4 Å². The van der Waals surface area contributed by atoms with Gasteiger partial charge in [-0.15, -0.1) is 0 Å². The van der Waals surface area contributed by atoms with E-state index < -0.39 is 26.5 Å². The van der Waals surface area contributed by atoms with E-state index in [9.17, 15) is 19.0 Å². The third-order valence-corrected chi connectivity index (χ3v) is 17.6. The summed E-state index contributed by atoms with van der Waals surface area (Å²) in [4.78, 5) is 35.7. The van der Waals surface area contributed by atoms with Crippen LogP contribution in [0, 0.1) is 0 Å². The molecule has 0 aromatic carbocycles. The van der Waals surface area contributed by atoms with E-state index in [1.165, 1.54) is 321 Å². The lowest BCUT2D eigenvalue weighted by molar-refractivity contribution is -0.870. The van der Waals surface area contributed by atoms with Crippen molar-refractivity contribution in [2.45, 2.75) is 392 Å². The van der Waals surface area contributed by atoms with Gasteiger partial charge in [0.25, 0.3) is 0 Å². The van der Waals surface area contributed by atoms with E-state index in [1.54, 1.807) is 0 Å². The van der Waals surface area contributed by atoms with Crippen molar-refractivity contribution in [1.82, 2.24) is 0 Å². The maximum absolute atomic E-state index is 12.8. The van der Waals surface area contributed by atoms with Crippen LogP contribution in [0.4, 0.5) is 0 Å². The van der Waals surface area contributed by atoms with Gasteiger partial charge in [-0.25, -0.2) is 4.57 Å². The Kier molecular flexibility index (Phi) is 61.8. The van der Waals surface area contributed by atoms with Crippen molar-refractivity contribution in [3.63, 3.8) is 0 Å². The van der Waals surface area contributed by atoms with Crippen LogP contribution in [0.1, 0.15) is 386 Å². The summed E-state index contributed by atoms with van der Waals surface area (Å²) in [5.41, 5.74) is 0. The molecule has 1 N–H and O–H groups in total. The normalized spacial score (nSPS) is 13.0. The van der Waals surface area contributed by atoms with Crippen LogP contribution in [0.25, 0.3) is 0 Å². The topological polar surface area (TPSA) is 108 Å². The Labute approximate surface area is 499 Å². The SMILES string of the molecule is CCCCCCCCCCCCCCCCCCCCCCCCCCCCCCCCCCCCCCCCCCCC(=O)OC(COC(=O)CCCCCCCCCCCCCCCCC)COP(=O)(O)OCC[N+](C)(C)C. The Morgan fingerprint density at radius 3 is 0.800 bits per heavy atom. The number of carbonyl (C=O) groups is 2. The molecule has 0 aliphatic carbocycles. The van der Waals surface area contributed by atoms with Gasteiger partial charge in [-0.05, 0) is 12.8 Å². The molecule has 2 unspecified atom stereocenters. The maximum atomic E-state index is 12.8. The Morgan fingerprint density at radius 1 is 0.338 bits per heavy atom. The fourth-order valence-electron chi connectivity index (χ4n) is 11.1. The van der Waals surface area contributed by atoms with Gasteiger partial charge in [0, 0.05) is 12.8 Å². The highest BCUT2D eigenvalue weighted by Crippen LogP contribution is 2.43. The quantitative estimate of drug-likeness (QED) is 0.0278. The molecule has 478 valence electrons. The number of rotatable bonds is 68. The average Bonchev–Trinajstić information content (AvgIpc) is 3.42. The second kappa shape index (κ2) is 62.5. The van der Waals surface area contributed by atoms with Crippen LogP contribution in [0.2, 0.25) is 0 Å². The number of likely N-dealkylation sites (N-methyl/N-ethyl adjacent to an activating group) is 1. The average molecular weight is 1160 g/mol. The van der Waals surface area contributed by atoms with Crippen LogP contribution >= 0.6 is 7.82 Å². The standard InChI is InChI=1S/C70H140NO8P/c1-6-8-10-12-14-16-18-20-22-23-24-25-26-27-28-29-30-31-32-33-34-35-36-37-38-39-40-41-42-43-44-45-46-47-49-51-53-55-57-59-61-63-70(73)79-68(67-78-80(74,75)77-65-64-71(3,4)5)66-76-69(72)62-60-58-56-54-52-50-48-21-19-17-15-13-11-9-7-2/h68H,6-67H2,1-5H3/p+1. The molecular weight excluding hydrogens is 1010 g/mol. The Morgan fingerprint density at radius 2 is 0.562 bits per heavy atom. The van der Waals surface area contributed by atoms with E-state index >= 15 is 0 Å². The summed E-state index contributed by atoms with van der Waals surface area (Å²) in [7, 11) is 1.51. The van der Waals surface area contributed by atoms with Crippen LogP contribution in [0.3, 0.4) is 0 Å². The minimum Gasteiger partial charge on any atom is -0.462 e. The molecule has 2 atom stereocenters. The molecule has 0 saturated heterocycles. The number of unbranched alkanes of at least 4 members (excludes halogenated alkanes) is 54. The number of quaternary nitrogens is 1. The molecule has 0 aromatic rings. The Bertz CT molecular complexity index is 1310. The third kappa shape index (κ3) is 66.2. The van der Waals surface area contributed by atoms with Gasteiger partial charge < -0.3 is 18.9 Å². The number of phosphoric ester groups is 1. The summed E-state index contributed by atoms with van der Waals surface area (Å²) in [5, 5.41) is 0. The van der Waals surface area contributed by atoms with Gasteiger partial charge in [-0.3, -0.25) is 18.6 Å². The highest BCUT2D eigenvalue weighted by Gasteiger charge is 2.27. The summed E-state index contributed by atoms with van der Waals surface area (Å²) in [6.07, 6.45) is 75.3. The molecule has 0 bridgehead atoms. The molecule has 0 aromatic heterocycles. The van der Waals surface area contributed by atoms with E-state index in [1.807, 2.05) is 21.1 Å². The van der Waals surface area contributed by atoms with Crippen molar-refractivity contribution < 1.29 is 42.1 Å². The van der Waals surface area contributed by atoms with Gasteiger partial charge in [0.15, 0.2) is 6.10 Å². The molecule has 0 aliphatic heterocycles. The predicted octanol–water partition coefficient (Wildman–Crippen LogP) is 22.9. The molecule has 9 nitrogen and oxygen atoms in total. The van der Waals surface area contributed by atoms with E-state index in [4.69, 9.17) is 18.5 Å². The second-order valence-electron chi connectivity index (χ2n) is 26.0. The molecule has 0 radical (unpaired) electrons. The number of phosphoric acid groups is 1. The highest BCUT2D eigenvalue weighted by molar-refractivity contribution is 7.47. The molecule has 0 saturated carbocycles. The van der Waals surface area contributed by atoms with Crippen LogP contribution in [-0.2, 0) is 32.7 Å². The zero-order valence-electron chi connectivity index (χ0n) is 54.6. The van der Waals surface area contributed by atoms with Gasteiger partial charge in [0.1, 0.15) is 19.8 Å². The van der Waals surface area contributed by atoms with Crippen molar-refractivity contribution >= 4 is 19.8 Å². The molecule has 0 heterocycles. The summed E-state index contributed by atoms with van der Waals surface area (Å²) in [6.45, 7) is 4.51. The van der Waals surface area contributed by atoms with Crippen LogP contribution in [-0.4, -0.2) is 74.9 Å². The van der Waals surface area contributed by atoms with Gasteiger partial charge in [-0.2, -0.15) is 0 Å². The van der Waals surface area contributed by atoms with E-state index in [0.717, 1.165) is 38.5 Å². The molecule has 0 amide bonds. The summed E-state index contributed by atoms with van der Waals surface area (Å²) in [6, 6.07) is 0. The summed E-state index contributed by atoms with van der Waals surface area (Å²) >= 11 is 0. The van der Waals surface area contributed by atoms with Gasteiger partial charge in [0.05, 0.1) is 27.7 Å². The Hall–Kier alpha value is -0.990. The number of hydrogen-bond donors (Lipinski definition) is 1. The van der Waals surface area contributed by atoms with Crippen molar-refractivity contribution in [3.05, 3.63) is 0 Å². The molecule has 80 heavy (non-hydrogen) atoms. The number of ether oxygens (including phenoxy) is 2. The monoisotopic (exact) mass is 1160 g/mol. The fraction of sp³-hybridized carbons (Fsp3) is 0.971. The minimum absolute atomic E-state index is 0.0375. The lowest BCUT2D eigenvalue weighted by Gasteiger charge is -2.24. The number of esters is 2. The van der Waals surface area contributed by atoms with Gasteiger partial charge >= 0.3 is 19.8 Å². The molecule has 10 heteroatoms. The van der Waals surface area contributed by atoms with Crippen molar-refractivity contribution in [2.24, 2.45) is 0 Å². The van der Waals surface area contributed by atoms with Crippen molar-refractivity contribution in [2.75, 3.05) is 47.5 Å². The summed E-state index contributed by atoms with van der Waals surface area (Å²) in [5.74, 6) is -0.771. The molecular formula is C70H141NO8P+. The number of carbonyl (C=O) groups excluding carboxylic acids is 2. The van der Waals surface area contributed by atoms with Gasteiger partial charge in [-0.1, -0.05) is 361 Å². The van der Waals surface area contributed by atoms with Gasteiger partial charge in [0.2, 0.25) is 0 Å². The van der Waals surface area contributed by atoms with Crippen LogP contribution in [0.15, 0.2) is 0 Å². The molecule has 0 fully saturated rings. The largest absolute Gasteiger partial charge is 0.472 e. The van der Waals surface area contributed by atoms with E-state index in [2.05, 4.69) is 13.8 Å². The maximum Gasteiger partial charge on any atom is 0.472 e. The fourth-order valence-corrected chi connectivity index (χ4v) is 11.9. The van der Waals surface area contributed by atoms with Crippen molar-refractivity contribution in [3.8, 4) is 0 Å². The number of hydrogen-bond acceptors (Lipinski definition) is 7. The number of nitrogens with zero attached hydrogens (tertiary/aromatic N) is 1. The Balaban J connectivity index is 3.80. The van der Waals surface area contributed by atoms with Crippen LogP contribution in [0.5, 0.6) is 0 Å². The predicted molar refractivity (Wildman–Crippen MR) is 345 cm³/mol. The molecule has 0 rings (SSSR count). The zero-order valence-corrected chi connectivity index (χ0v) is 55.5. The highest BCUT2D eigenvalue weighted by atomic mass is 31.2. The first-order valence-electron chi connectivity index (χ1n) is 35.8. The smallest absolute Gasteiger partial charge is 0.462 e. The van der Waals surface area contributed by atoms with Crippen molar-refractivity contribution in [1.29, 1.82) is 0 Å². The van der Waals surface area contributed by atoms with E-state index in [-0.39, 0.29) is 25.6 Å². The second-order valence-corrected chi connectivity index (χ2v) is 27.5. The zero-order chi connectivity index (χ0) is 58.4. The first-order chi connectivity index (χ1) is 39.0.